The quantitative estimate of drug-likeness (QED) is 0.320. The Kier molecular flexibility index (Phi) is 4.39. The number of amides is 1. The van der Waals surface area contributed by atoms with Crippen LogP contribution < -0.4 is 15.8 Å². The third-order valence-corrected chi connectivity index (χ3v) is 2.64. The Bertz CT molecular complexity index is 653. The van der Waals surface area contributed by atoms with Crippen molar-refractivity contribution in [3.8, 4) is 5.75 Å². The summed E-state index contributed by atoms with van der Waals surface area (Å²) in [6.07, 6.45) is 1.16. The molecule has 8 heteroatoms. The number of carbonyl (C=O) groups excluding carboxylic acids is 1. The van der Waals surface area contributed by atoms with Crippen LogP contribution in [0.1, 0.15) is 10.5 Å². The Morgan fingerprint density at radius 3 is 2.90 bits per heavy atom. The highest BCUT2D eigenvalue weighted by atomic mass is 16.6. The Hall–Kier alpha value is -3.03. The molecule has 1 amide bonds. The van der Waals surface area contributed by atoms with Gasteiger partial charge in [-0.05, 0) is 12.1 Å². The molecule has 0 aliphatic carbocycles. The molecule has 1 heterocycles. The lowest BCUT2D eigenvalue weighted by Gasteiger charge is -2.07. The van der Waals surface area contributed by atoms with Crippen LogP contribution in [0.4, 0.5) is 11.4 Å². The molecule has 2 aromatic rings. The van der Waals surface area contributed by atoms with Crippen molar-refractivity contribution in [2.24, 2.45) is 0 Å². The fraction of sp³-hybridized carbons (Fsp3) is 0.154. The largest absolute Gasteiger partial charge is 0.492 e. The zero-order valence-corrected chi connectivity index (χ0v) is 11.0. The number of aromatic nitrogens is 1. The van der Waals surface area contributed by atoms with Gasteiger partial charge in [-0.1, -0.05) is 6.07 Å². The van der Waals surface area contributed by atoms with Gasteiger partial charge in [0.15, 0.2) is 0 Å². The van der Waals surface area contributed by atoms with Gasteiger partial charge < -0.3 is 20.8 Å². The zero-order chi connectivity index (χ0) is 15.2. The molecule has 2 rings (SSSR count). The standard InChI is InChI=1S/C13H14N4O4/c14-9-2-1-3-11(6-9)21-5-4-15-13(18)12-7-10(8-16-12)17(19)20/h1-3,6-8,16H,4-5,14H2,(H,15,18). The van der Waals surface area contributed by atoms with Gasteiger partial charge in [0.2, 0.25) is 0 Å². The summed E-state index contributed by atoms with van der Waals surface area (Å²) < 4.78 is 5.40. The van der Waals surface area contributed by atoms with Crippen molar-refractivity contribution in [1.82, 2.24) is 10.3 Å². The van der Waals surface area contributed by atoms with Gasteiger partial charge in [0.25, 0.3) is 11.6 Å². The maximum Gasteiger partial charge on any atom is 0.287 e. The highest BCUT2D eigenvalue weighted by molar-refractivity contribution is 5.93. The lowest BCUT2D eigenvalue weighted by atomic mass is 10.3. The van der Waals surface area contributed by atoms with Crippen LogP contribution in [0.2, 0.25) is 0 Å². The van der Waals surface area contributed by atoms with Gasteiger partial charge in [-0.2, -0.15) is 0 Å². The van der Waals surface area contributed by atoms with Gasteiger partial charge in [0, 0.05) is 17.8 Å². The number of anilines is 1. The Balaban J connectivity index is 1.77. The molecule has 0 fully saturated rings. The highest BCUT2D eigenvalue weighted by Crippen LogP contribution is 2.14. The van der Waals surface area contributed by atoms with E-state index >= 15 is 0 Å². The van der Waals surface area contributed by atoms with E-state index < -0.39 is 10.8 Å². The number of hydrogen-bond donors (Lipinski definition) is 3. The maximum atomic E-state index is 11.7. The summed E-state index contributed by atoms with van der Waals surface area (Å²) in [7, 11) is 0. The molecule has 0 bridgehead atoms. The third kappa shape index (κ3) is 3.96. The monoisotopic (exact) mass is 290 g/mol. The smallest absolute Gasteiger partial charge is 0.287 e. The van der Waals surface area contributed by atoms with E-state index in [0.29, 0.717) is 11.4 Å². The van der Waals surface area contributed by atoms with Crippen molar-refractivity contribution < 1.29 is 14.5 Å². The van der Waals surface area contributed by atoms with Crippen LogP contribution in [0.25, 0.3) is 0 Å². The average Bonchev–Trinajstić information content (AvgIpc) is 2.93. The SMILES string of the molecule is Nc1cccc(OCCNC(=O)c2cc([N+](=O)[O-])c[nH]2)c1. The summed E-state index contributed by atoms with van der Waals surface area (Å²) in [5.74, 6) is 0.180. The van der Waals surface area contributed by atoms with E-state index in [4.69, 9.17) is 10.5 Å². The average molecular weight is 290 g/mol. The van der Waals surface area contributed by atoms with E-state index in [1.54, 1.807) is 24.3 Å². The van der Waals surface area contributed by atoms with Gasteiger partial charge in [0.1, 0.15) is 18.1 Å². The van der Waals surface area contributed by atoms with Crippen LogP contribution in [0.15, 0.2) is 36.5 Å². The van der Waals surface area contributed by atoms with E-state index in [2.05, 4.69) is 10.3 Å². The molecule has 1 aromatic carbocycles. The number of benzene rings is 1. The minimum Gasteiger partial charge on any atom is -0.492 e. The van der Waals surface area contributed by atoms with E-state index in [9.17, 15) is 14.9 Å². The van der Waals surface area contributed by atoms with E-state index in [1.165, 1.54) is 6.07 Å². The molecule has 0 saturated carbocycles. The van der Waals surface area contributed by atoms with Crippen LogP contribution >= 0.6 is 0 Å². The predicted octanol–water partition coefficient (Wildman–Crippen LogP) is 1.31. The van der Waals surface area contributed by atoms with Crippen molar-refractivity contribution in [2.45, 2.75) is 0 Å². The topological polar surface area (TPSA) is 123 Å². The molecule has 0 saturated heterocycles. The van der Waals surface area contributed by atoms with Crippen molar-refractivity contribution in [3.05, 3.63) is 52.3 Å². The minimum atomic E-state index is -0.573. The van der Waals surface area contributed by atoms with Crippen molar-refractivity contribution >= 4 is 17.3 Å². The number of H-pyrrole nitrogens is 1. The molecule has 0 aliphatic heterocycles. The summed E-state index contributed by atoms with van der Waals surface area (Å²) >= 11 is 0. The number of nitrogens with two attached hydrogens (primary N) is 1. The first-order valence-electron chi connectivity index (χ1n) is 6.15. The Morgan fingerprint density at radius 1 is 1.43 bits per heavy atom. The fourth-order valence-electron chi connectivity index (χ4n) is 1.65. The molecule has 110 valence electrons. The first-order valence-corrected chi connectivity index (χ1v) is 6.15. The van der Waals surface area contributed by atoms with Gasteiger partial charge in [-0.15, -0.1) is 0 Å². The number of hydrogen-bond acceptors (Lipinski definition) is 5. The lowest BCUT2D eigenvalue weighted by Crippen LogP contribution is -2.28. The van der Waals surface area contributed by atoms with Crippen LogP contribution in [0, 0.1) is 10.1 Å². The van der Waals surface area contributed by atoms with Crippen molar-refractivity contribution in [1.29, 1.82) is 0 Å². The van der Waals surface area contributed by atoms with Crippen LogP contribution in [-0.2, 0) is 0 Å². The van der Waals surface area contributed by atoms with Gasteiger partial charge in [-0.25, -0.2) is 0 Å². The zero-order valence-electron chi connectivity index (χ0n) is 11.0. The van der Waals surface area contributed by atoms with Crippen molar-refractivity contribution in [2.75, 3.05) is 18.9 Å². The minimum absolute atomic E-state index is 0.130. The number of rotatable bonds is 6. The molecule has 4 N–H and O–H groups in total. The summed E-state index contributed by atoms with van der Waals surface area (Å²) in [4.78, 5) is 24.2. The number of ether oxygens (including phenoxy) is 1. The molecular weight excluding hydrogens is 276 g/mol. The number of nitro groups is 1. The number of nitrogens with zero attached hydrogens (tertiary/aromatic N) is 1. The van der Waals surface area contributed by atoms with E-state index in [0.717, 1.165) is 6.20 Å². The highest BCUT2D eigenvalue weighted by Gasteiger charge is 2.13. The Morgan fingerprint density at radius 2 is 2.24 bits per heavy atom. The van der Waals surface area contributed by atoms with Gasteiger partial charge in [-0.3, -0.25) is 14.9 Å². The third-order valence-electron chi connectivity index (χ3n) is 2.64. The normalized spacial score (nSPS) is 10.1. The van der Waals surface area contributed by atoms with E-state index in [-0.39, 0.29) is 24.5 Å². The molecule has 0 unspecified atom stereocenters. The number of nitrogens with one attached hydrogen (secondary N) is 2. The second-order valence-corrected chi connectivity index (χ2v) is 4.21. The number of carbonyl (C=O) groups is 1. The maximum absolute atomic E-state index is 11.7. The molecule has 8 nitrogen and oxygen atoms in total. The van der Waals surface area contributed by atoms with Crippen LogP contribution in [0.5, 0.6) is 5.75 Å². The molecule has 0 aliphatic rings. The summed E-state index contributed by atoms with van der Waals surface area (Å²) in [5.41, 5.74) is 6.17. The molecule has 1 aromatic heterocycles. The fourth-order valence-corrected chi connectivity index (χ4v) is 1.65. The first kappa shape index (κ1) is 14.4. The summed E-state index contributed by atoms with van der Waals surface area (Å²) in [6, 6.07) is 8.12. The lowest BCUT2D eigenvalue weighted by molar-refractivity contribution is -0.384. The molecule has 0 atom stereocenters. The number of aromatic amines is 1. The van der Waals surface area contributed by atoms with Crippen LogP contribution in [0.3, 0.4) is 0 Å². The van der Waals surface area contributed by atoms with Gasteiger partial charge in [0.05, 0.1) is 17.7 Å². The summed E-state index contributed by atoms with van der Waals surface area (Å²) in [5, 5.41) is 13.1. The second kappa shape index (κ2) is 6.42. The predicted molar refractivity (Wildman–Crippen MR) is 76.1 cm³/mol. The first-order chi connectivity index (χ1) is 10.1. The molecular formula is C13H14N4O4. The van der Waals surface area contributed by atoms with Gasteiger partial charge >= 0.3 is 0 Å². The van der Waals surface area contributed by atoms with E-state index in [1.807, 2.05) is 0 Å². The second-order valence-electron chi connectivity index (χ2n) is 4.21. The summed E-state index contributed by atoms with van der Waals surface area (Å²) in [6.45, 7) is 0.526. The number of nitrogen functional groups attached to an aromatic ring is 1. The molecule has 0 radical (unpaired) electrons. The molecule has 21 heavy (non-hydrogen) atoms. The van der Waals surface area contributed by atoms with Crippen molar-refractivity contribution in [3.63, 3.8) is 0 Å². The molecule has 0 spiro atoms. The van der Waals surface area contributed by atoms with Crippen LogP contribution in [-0.4, -0.2) is 29.0 Å². The Labute approximate surface area is 120 Å².